The van der Waals surface area contributed by atoms with Gasteiger partial charge in [-0.15, -0.1) is 0 Å². The minimum atomic E-state index is -0.0920. The minimum Gasteiger partial charge on any atom is -0.334 e. The molecule has 2 heterocycles. The van der Waals surface area contributed by atoms with Crippen LogP contribution in [-0.4, -0.2) is 9.97 Å². The molecule has 1 N–H and O–H groups in total. The van der Waals surface area contributed by atoms with E-state index in [-0.39, 0.29) is 5.56 Å². The lowest BCUT2D eigenvalue weighted by Gasteiger charge is -2.16. The van der Waals surface area contributed by atoms with E-state index in [4.69, 9.17) is 0 Å². The average molecular weight is 342 g/mol. The summed E-state index contributed by atoms with van der Waals surface area (Å²) in [6.07, 6.45) is 0. The van der Waals surface area contributed by atoms with Crippen molar-refractivity contribution < 1.29 is 0 Å². The lowest BCUT2D eigenvalue weighted by Crippen LogP contribution is -2.21. The molecule has 4 nitrogen and oxygen atoms in total. The summed E-state index contributed by atoms with van der Waals surface area (Å²) >= 11 is 3.58. The molecule has 0 saturated heterocycles. The second-order valence-corrected chi connectivity index (χ2v) is 5.99. The number of anilines is 1. The van der Waals surface area contributed by atoms with Gasteiger partial charge in [0.1, 0.15) is 0 Å². The molecule has 3 aromatic rings. The summed E-state index contributed by atoms with van der Waals surface area (Å²) in [4.78, 5) is 21.7. The average Bonchev–Trinajstić information content (AvgIpc) is 2.93. The Balaban J connectivity index is 1.79. The molecule has 1 aromatic heterocycles. The highest BCUT2D eigenvalue weighted by Crippen LogP contribution is 2.31. The first-order valence-electron chi connectivity index (χ1n) is 6.72. The lowest BCUT2D eigenvalue weighted by atomic mass is 10.1. The summed E-state index contributed by atoms with van der Waals surface area (Å²) in [5, 5.41) is 0.624. The molecule has 0 bridgehead atoms. The maximum atomic E-state index is 12.2. The van der Waals surface area contributed by atoms with Gasteiger partial charge in [-0.25, -0.2) is 4.98 Å². The number of nitrogens with zero attached hydrogens (tertiary/aromatic N) is 2. The largest absolute Gasteiger partial charge is 0.334 e. The maximum Gasteiger partial charge on any atom is 0.260 e. The molecule has 0 saturated carbocycles. The van der Waals surface area contributed by atoms with Gasteiger partial charge in [-0.1, -0.05) is 40.2 Å². The Morgan fingerprint density at radius 3 is 2.81 bits per heavy atom. The smallest absolute Gasteiger partial charge is 0.260 e. The summed E-state index contributed by atoms with van der Waals surface area (Å²) in [5.41, 5.74) is 3.16. The number of nitrogens with one attached hydrogen (secondary N) is 1. The zero-order valence-electron chi connectivity index (χ0n) is 11.1. The second kappa shape index (κ2) is 4.70. The molecule has 0 radical (unpaired) electrons. The molecule has 0 spiro atoms. The quantitative estimate of drug-likeness (QED) is 0.739. The van der Waals surface area contributed by atoms with Gasteiger partial charge in [0.05, 0.1) is 10.9 Å². The van der Waals surface area contributed by atoms with E-state index in [0.717, 1.165) is 23.1 Å². The van der Waals surface area contributed by atoms with Crippen LogP contribution in [0.25, 0.3) is 10.9 Å². The maximum absolute atomic E-state index is 12.2. The lowest BCUT2D eigenvalue weighted by molar-refractivity contribution is 0.829. The van der Waals surface area contributed by atoms with Crippen molar-refractivity contribution in [2.24, 2.45) is 0 Å². The highest BCUT2D eigenvalue weighted by Gasteiger charge is 2.22. The van der Waals surface area contributed by atoms with E-state index in [0.29, 0.717) is 11.3 Å². The second-order valence-electron chi connectivity index (χ2n) is 5.14. The fraction of sp³-hybridized carbons (Fsp3) is 0.125. The molecule has 4 rings (SSSR count). The van der Waals surface area contributed by atoms with Crippen molar-refractivity contribution in [1.29, 1.82) is 0 Å². The molecule has 0 aliphatic carbocycles. The number of rotatable bonds is 1. The molecular weight excluding hydrogens is 330 g/mol. The van der Waals surface area contributed by atoms with Gasteiger partial charge in [0.25, 0.3) is 5.56 Å². The van der Waals surface area contributed by atoms with Crippen LogP contribution >= 0.6 is 15.9 Å². The summed E-state index contributed by atoms with van der Waals surface area (Å²) in [5.74, 6) is 0.627. The summed E-state index contributed by atoms with van der Waals surface area (Å²) in [6.45, 7) is 1.51. The van der Waals surface area contributed by atoms with Gasteiger partial charge in [0.15, 0.2) is 0 Å². The van der Waals surface area contributed by atoms with Crippen molar-refractivity contribution in [3.8, 4) is 0 Å². The van der Waals surface area contributed by atoms with Crippen molar-refractivity contribution >= 4 is 32.8 Å². The van der Waals surface area contributed by atoms with Gasteiger partial charge in [0.2, 0.25) is 5.95 Å². The van der Waals surface area contributed by atoms with Crippen LogP contribution in [0.2, 0.25) is 0 Å². The van der Waals surface area contributed by atoms with Crippen molar-refractivity contribution in [3.63, 3.8) is 0 Å². The van der Waals surface area contributed by atoms with Crippen molar-refractivity contribution in [3.05, 3.63) is 68.4 Å². The van der Waals surface area contributed by atoms with Crippen LogP contribution in [0.3, 0.4) is 0 Å². The molecule has 104 valence electrons. The Labute approximate surface area is 129 Å². The number of fused-ring (bicyclic) bond motifs is 2. The normalized spacial score (nSPS) is 13.7. The Morgan fingerprint density at radius 2 is 1.95 bits per heavy atom. The van der Waals surface area contributed by atoms with Crippen LogP contribution in [0.1, 0.15) is 11.1 Å². The molecular formula is C16H12BrN3O. The van der Waals surface area contributed by atoms with Crippen molar-refractivity contribution in [2.75, 3.05) is 4.90 Å². The first-order chi connectivity index (χ1) is 10.2. The zero-order valence-corrected chi connectivity index (χ0v) is 12.7. The Bertz CT molecular complexity index is 903. The molecule has 1 aliphatic rings. The third-order valence-electron chi connectivity index (χ3n) is 3.83. The van der Waals surface area contributed by atoms with E-state index >= 15 is 0 Å². The number of H-pyrrole nitrogens is 1. The third-order valence-corrected chi connectivity index (χ3v) is 4.57. The van der Waals surface area contributed by atoms with Gasteiger partial charge >= 0.3 is 0 Å². The van der Waals surface area contributed by atoms with Crippen LogP contribution in [0.15, 0.2) is 51.7 Å². The monoisotopic (exact) mass is 341 g/mol. The molecule has 21 heavy (non-hydrogen) atoms. The number of aromatic nitrogens is 2. The molecule has 0 amide bonds. The fourth-order valence-electron chi connectivity index (χ4n) is 2.75. The van der Waals surface area contributed by atoms with Crippen LogP contribution in [0.5, 0.6) is 0 Å². The number of hydrogen-bond donors (Lipinski definition) is 1. The molecule has 5 heteroatoms. The molecule has 0 atom stereocenters. The molecule has 2 aromatic carbocycles. The fourth-order valence-corrected chi connectivity index (χ4v) is 3.29. The highest BCUT2D eigenvalue weighted by molar-refractivity contribution is 9.10. The van der Waals surface area contributed by atoms with Crippen LogP contribution in [-0.2, 0) is 13.1 Å². The van der Waals surface area contributed by atoms with E-state index in [1.165, 1.54) is 11.1 Å². The Kier molecular flexibility index (Phi) is 2.82. The minimum absolute atomic E-state index is 0.0920. The van der Waals surface area contributed by atoms with Crippen LogP contribution < -0.4 is 10.5 Å². The topological polar surface area (TPSA) is 49.0 Å². The molecule has 1 aliphatic heterocycles. The van der Waals surface area contributed by atoms with Crippen molar-refractivity contribution in [1.82, 2.24) is 9.97 Å². The van der Waals surface area contributed by atoms with Gasteiger partial charge in [-0.2, -0.15) is 0 Å². The van der Waals surface area contributed by atoms with Gasteiger partial charge < -0.3 is 4.90 Å². The zero-order chi connectivity index (χ0) is 14.4. The molecule has 0 unspecified atom stereocenters. The standard InChI is InChI=1S/C16H12BrN3O/c17-13-6-3-4-10-8-20(9-12(10)13)16-18-14-7-2-1-5-11(14)15(21)19-16/h1-7H,8-9H2,(H,18,19,21). The summed E-state index contributed by atoms with van der Waals surface area (Å²) in [7, 11) is 0. The van der Waals surface area contributed by atoms with Crippen molar-refractivity contribution in [2.45, 2.75) is 13.1 Å². The van der Waals surface area contributed by atoms with Gasteiger partial charge in [-0.3, -0.25) is 9.78 Å². The molecule has 0 fully saturated rings. The number of halogens is 1. The van der Waals surface area contributed by atoms with Crippen LogP contribution in [0, 0.1) is 0 Å². The van der Waals surface area contributed by atoms with Gasteiger partial charge in [0, 0.05) is 17.6 Å². The van der Waals surface area contributed by atoms with E-state index in [1.807, 2.05) is 30.3 Å². The van der Waals surface area contributed by atoms with Crippen LogP contribution in [0.4, 0.5) is 5.95 Å². The number of para-hydroxylation sites is 1. The highest BCUT2D eigenvalue weighted by atomic mass is 79.9. The Morgan fingerprint density at radius 1 is 1.10 bits per heavy atom. The number of aromatic amines is 1. The predicted molar refractivity (Wildman–Crippen MR) is 86.4 cm³/mol. The summed E-state index contributed by atoms with van der Waals surface area (Å²) in [6, 6.07) is 13.6. The SMILES string of the molecule is O=c1[nH]c(N2Cc3cccc(Br)c3C2)nc2ccccc12. The predicted octanol–water partition coefficient (Wildman–Crippen LogP) is 3.21. The number of hydrogen-bond acceptors (Lipinski definition) is 3. The van der Waals surface area contributed by atoms with E-state index < -0.39 is 0 Å². The first kappa shape index (κ1) is 12.6. The van der Waals surface area contributed by atoms with Gasteiger partial charge in [-0.05, 0) is 29.3 Å². The number of benzene rings is 2. The Hall–Kier alpha value is -2.14. The van der Waals surface area contributed by atoms with E-state index in [1.54, 1.807) is 6.07 Å². The third kappa shape index (κ3) is 2.05. The first-order valence-corrected chi connectivity index (χ1v) is 7.52. The summed E-state index contributed by atoms with van der Waals surface area (Å²) < 4.78 is 1.10. The van der Waals surface area contributed by atoms with E-state index in [2.05, 4.69) is 36.9 Å². The van der Waals surface area contributed by atoms with E-state index in [9.17, 15) is 4.79 Å².